The van der Waals surface area contributed by atoms with Crippen LogP contribution in [0.4, 0.5) is 0 Å². The molecule has 0 radical (unpaired) electrons. The van der Waals surface area contributed by atoms with Gasteiger partial charge in [0.25, 0.3) is 0 Å². The first-order valence-corrected chi connectivity index (χ1v) is 6.51. The van der Waals surface area contributed by atoms with Crippen LogP contribution < -0.4 is 5.32 Å². The van der Waals surface area contributed by atoms with Crippen LogP contribution in [0.1, 0.15) is 11.1 Å². The molecule has 0 aliphatic rings. The molecule has 0 aromatic heterocycles. The minimum atomic E-state index is -0.662. The summed E-state index contributed by atoms with van der Waals surface area (Å²) in [4.78, 5) is 11.7. The van der Waals surface area contributed by atoms with Gasteiger partial charge in [0.1, 0.15) is 0 Å². The minimum Gasteiger partial charge on any atom is -0.389 e. The lowest BCUT2D eigenvalue weighted by Crippen LogP contribution is -2.35. The molecular formula is C13H18BrNO3. The van der Waals surface area contributed by atoms with E-state index in [2.05, 4.69) is 21.2 Å². The number of hydrogen-bond acceptors (Lipinski definition) is 3. The highest BCUT2D eigenvalue weighted by molar-refractivity contribution is 9.10. The van der Waals surface area contributed by atoms with Crippen molar-refractivity contribution in [2.24, 2.45) is 0 Å². The molecule has 1 aromatic rings. The summed E-state index contributed by atoms with van der Waals surface area (Å²) in [6.07, 6.45) is -0.344. The van der Waals surface area contributed by atoms with Crippen molar-refractivity contribution in [1.82, 2.24) is 5.32 Å². The summed E-state index contributed by atoms with van der Waals surface area (Å²) in [6, 6.07) is 5.81. The maximum atomic E-state index is 11.7. The summed E-state index contributed by atoms with van der Waals surface area (Å²) in [5, 5.41) is 12.1. The molecule has 100 valence electrons. The van der Waals surface area contributed by atoms with E-state index >= 15 is 0 Å². The Balaban J connectivity index is 2.44. The van der Waals surface area contributed by atoms with Crippen LogP contribution in [-0.2, 0) is 16.0 Å². The first kappa shape index (κ1) is 15.1. The summed E-state index contributed by atoms with van der Waals surface area (Å²) < 4.78 is 5.78. The fourth-order valence-electron chi connectivity index (χ4n) is 1.58. The van der Waals surface area contributed by atoms with Crippen LogP contribution in [0.5, 0.6) is 0 Å². The number of nitrogens with one attached hydrogen (secondary N) is 1. The van der Waals surface area contributed by atoms with Crippen molar-refractivity contribution < 1.29 is 14.6 Å². The SMILES string of the molecule is COCC(O)CNC(=O)Cc1ccc(Br)cc1C. The normalized spacial score (nSPS) is 12.2. The summed E-state index contributed by atoms with van der Waals surface area (Å²) in [5.41, 5.74) is 2.05. The van der Waals surface area contributed by atoms with E-state index in [4.69, 9.17) is 4.74 Å². The van der Waals surface area contributed by atoms with Gasteiger partial charge in [-0.05, 0) is 30.2 Å². The predicted octanol–water partition coefficient (Wildman–Crippen LogP) is 1.42. The van der Waals surface area contributed by atoms with Crippen molar-refractivity contribution >= 4 is 21.8 Å². The smallest absolute Gasteiger partial charge is 0.224 e. The van der Waals surface area contributed by atoms with Crippen LogP contribution in [0.25, 0.3) is 0 Å². The van der Waals surface area contributed by atoms with Crippen molar-refractivity contribution in [3.63, 3.8) is 0 Å². The van der Waals surface area contributed by atoms with Gasteiger partial charge in [-0.3, -0.25) is 4.79 Å². The number of benzene rings is 1. The molecule has 0 saturated heterocycles. The van der Waals surface area contributed by atoms with Gasteiger partial charge in [0.05, 0.1) is 19.1 Å². The summed E-state index contributed by atoms with van der Waals surface area (Å²) >= 11 is 3.38. The second-order valence-corrected chi connectivity index (χ2v) is 5.08. The van der Waals surface area contributed by atoms with E-state index in [0.717, 1.165) is 15.6 Å². The Labute approximate surface area is 115 Å². The maximum absolute atomic E-state index is 11.7. The number of carbonyl (C=O) groups is 1. The van der Waals surface area contributed by atoms with E-state index in [9.17, 15) is 9.90 Å². The molecule has 5 heteroatoms. The van der Waals surface area contributed by atoms with Crippen LogP contribution in [0, 0.1) is 6.92 Å². The molecule has 2 N–H and O–H groups in total. The number of aryl methyl sites for hydroxylation is 1. The molecule has 1 amide bonds. The molecule has 0 aliphatic carbocycles. The van der Waals surface area contributed by atoms with Gasteiger partial charge >= 0.3 is 0 Å². The van der Waals surface area contributed by atoms with Crippen LogP contribution in [-0.4, -0.2) is 37.4 Å². The van der Waals surface area contributed by atoms with E-state index in [1.165, 1.54) is 7.11 Å². The fourth-order valence-corrected chi connectivity index (χ4v) is 2.05. The van der Waals surface area contributed by atoms with Gasteiger partial charge in [0.15, 0.2) is 0 Å². The lowest BCUT2D eigenvalue weighted by atomic mass is 10.1. The zero-order valence-corrected chi connectivity index (χ0v) is 12.2. The molecule has 18 heavy (non-hydrogen) atoms. The molecule has 1 atom stereocenters. The molecular weight excluding hydrogens is 298 g/mol. The van der Waals surface area contributed by atoms with Gasteiger partial charge in [0, 0.05) is 18.1 Å². The van der Waals surface area contributed by atoms with E-state index in [1.54, 1.807) is 0 Å². The molecule has 1 rings (SSSR count). The Morgan fingerprint density at radius 1 is 1.56 bits per heavy atom. The molecule has 0 aliphatic heterocycles. The Kier molecular flexibility index (Phi) is 6.32. The Morgan fingerprint density at radius 3 is 2.89 bits per heavy atom. The zero-order valence-electron chi connectivity index (χ0n) is 10.6. The van der Waals surface area contributed by atoms with E-state index < -0.39 is 6.10 Å². The summed E-state index contributed by atoms with van der Waals surface area (Å²) in [7, 11) is 1.51. The van der Waals surface area contributed by atoms with Gasteiger partial charge in [-0.2, -0.15) is 0 Å². The minimum absolute atomic E-state index is 0.101. The Hall–Kier alpha value is -0.910. The van der Waals surface area contributed by atoms with Gasteiger partial charge < -0.3 is 15.2 Å². The highest BCUT2D eigenvalue weighted by Gasteiger charge is 2.09. The van der Waals surface area contributed by atoms with Crippen LogP contribution in [0.15, 0.2) is 22.7 Å². The number of methoxy groups -OCH3 is 1. The number of amides is 1. The fraction of sp³-hybridized carbons (Fsp3) is 0.462. The average Bonchev–Trinajstić information content (AvgIpc) is 2.31. The van der Waals surface area contributed by atoms with E-state index in [0.29, 0.717) is 6.42 Å². The topological polar surface area (TPSA) is 58.6 Å². The first-order valence-electron chi connectivity index (χ1n) is 5.71. The van der Waals surface area contributed by atoms with Crippen molar-refractivity contribution in [3.8, 4) is 0 Å². The molecule has 4 nitrogen and oxygen atoms in total. The lowest BCUT2D eigenvalue weighted by Gasteiger charge is -2.11. The van der Waals surface area contributed by atoms with Crippen molar-refractivity contribution in [2.45, 2.75) is 19.4 Å². The van der Waals surface area contributed by atoms with Gasteiger partial charge in [-0.15, -0.1) is 0 Å². The Bertz CT molecular complexity index is 409. The molecule has 0 spiro atoms. The quantitative estimate of drug-likeness (QED) is 0.835. The molecule has 1 aromatic carbocycles. The van der Waals surface area contributed by atoms with Gasteiger partial charge in [-0.25, -0.2) is 0 Å². The predicted molar refractivity (Wildman–Crippen MR) is 73.5 cm³/mol. The van der Waals surface area contributed by atoms with E-state index in [-0.39, 0.29) is 19.1 Å². The number of aliphatic hydroxyl groups is 1. The number of carbonyl (C=O) groups excluding carboxylic acids is 1. The van der Waals surface area contributed by atoms with Crippen LogP contribution in [0.2, 0.25) is 0 Å². The van der Waals surface area contributed by atoms with Crippen molar-refractivity contribution in [2.75, 3.05) is 20.3 Å². The second kappa shape index (κ2) is 7.51. The average molecular weight is 316 g/mol. The van der Waals surface area contributed by atoms with Crippen LogP contribution >= 0.6 is 15.9 Å². The summed E-state index contributed by atoms with van der Waals surface area (Å²) in [5.74, 6) is -0.101. The zero-order chi connectivity index (χ0) is 13.5. The van der Waals surface area contributed by atoms with E-state index in [1.807, 2.05) is 25.1 Å². The summed E-state index contributed by atoms with van der Waals surface area (Å²) in [6.45, 7) is 2.40. The molecule has 0 fully saturated rings. The van der Waals surface area contributed by atoms with Crippen molar-refractivity contribution in [1.29, 1.82) is 0 Å². The van der Waals surface area contributed by atoms with Crippen molar-refractivity contribution in [3.05, 3.63) is 33.8 Å². The number of rotatable bonds is 6. The van der Waals surface area contributed by atoms with Gasteiger partial charge in [-0.1, -0.05) is 22.0 Å². The standard InChI is InChI=1S/C13H18BrNO3/c1-9-5-11(14)4-3-10(9)6-13(17)15-7-12(16)8-18-2/h3-5,12,16H,6-8H2,1-2H3,(H,15,17). The third kappa shape index (κ3) is 5.16. The number of aliphatic hydroxyl groups excluding tert-OH is 1. The second-order valence-electron chi connectivity index (χ2n) is 4.16. The number of halogens is 1. The van der Waals surface area contributed by atoms with Gasteiger partial charge in [0.2, 0.25) is 5.91 Å². The monoisotopic (exact) mass is 315 g/mol. The molecule has 0 saturated carbocycles. The molecule has 0 heterocycles. The largest absolute Gasteiger partial charge is 0.389 e. The third-order valence-electron chi connectivity index (χ3n) is 2.55. The molecule has 1 unspecified atom stereocenters. The lowest BCUT2D eigenvalue weighted by molar-refractivity contribution is -0.121. The first-order chi connectivity index (χ1) is 8.52. The third-order valence-corrected chi connectivity index (χ3v) is 3.04. The Morgan fingerprint density at radius 2 is 2.28 bits per heavy atom. The highest BCUT2D eigenvalue weighted by Crippen LogP contribution is 2.16. The number of ether oxygens (including phenoxy) is 1. The maximum Gasteiger partial charge on any atom is 0.224 e. The number of hydrogen-bond donors (Lipinski definition) is 2. The molecule has 0 bridgehead atoms. The van der Waals surface area contributed by atoms with Crippen LogP contribution in [0.3, 0.4) is 0 Å². The highest BCUT2D eigenvalue weighted by atomic mass is 79.9.